The zero-order valence-corrected chi connectivity index (χ0v) is 17.2. The Morgan fingerprint density at radius 3 is 2.81 bits per heavy atom. The third-order valence-electron chi connectivity index (χ3n) is 4.46. The van der Waals surface area contributed by atoms with E-state index in [0.29, 0.717) is 12.8 Å². The number of ketones is 1. The molecule has 8 nitrogen and oxygen atoms in total. The SMILES string of the molecule is COCO[C@@H]1CCC2=CC(=O)C=C[C@]23NC(S(=O)(=O)OCC(Cl)(Cl)Cl)=N[C@H]13. The molecule has 1 spiro atoms. The molecule has 1 aliphatic heterocycles. The van der Waals surface area contributed by atoms with E-state index in [1.54, 1.807) is 6.08 Å². The molecule has 2 aliphatic carbocycles. The number of hydrogen-bond donors (Lipinski definition) is 1. The van der Waals surface area contributed by atoms with Crippen molar-refractivity contribution in [2.75, 3.05) is 20.5 Å². The summed E-state index contributed by atoms with van der Waals surface area (Å²) < 4.78 is 38.6. The van der Waals surface area contributed by atoms with E-state index in [2.05, 4.69) is 10.3 Å². The highest BCUT2D eigenvalue weighted by molar-refractivity contribution is 8.02. The molecule has 0 aromatic carbocycles. The lowest BCUT2D eigenvalue weighted by atomic mass is 9.70. The molecule has 0 amide bonds. The largest absolute Gasteiger partial charge is 0.359 e. The summed E-state index contributed by atoms with van der Waals surface area (Å²) in [5.41, 5.74) is -0.261. The van der Waals surface area contributed by atoms with Crippen LogP contribution in [0, 0.1) is 0 Å². The lowest BCUT2D eigenvalue weighted by Gasteiger charge is -2.43. The molecule has 3 rings (SSSR count). The summed E-state index contributed by atoms with van der Waals surface area (Å²) in [6.45, 7) is -0.640. The summed E-state index contributed by atoms with van der Waals surface area (Å²) in [5.74, 6) is -0.170. The Morgan fingerprint density at radius 1 is 1.41 bits per heavy atom. The van der Waals surface area contributed by atoms with Gasteiger partial charge in [-0.2, -0.15) is 8.42 Å². The average molecular weight is 460 g/mol. The molecule has 3 atom stereocenters. The first-order valence-electron chi connectivity index (χ1n) is 7.94. The number of nitrogens with one attached hydrogen (secondary N) is 1. The Hall–Kier alpha value is -0.680. The van der Waals surface area contributed by atoms with Gasteiger partial charge in [-0.15, -0.1) is 0 Å². The fourth-order valence-corrected chi connectivity index (χ4v) is 4.69. The number of hydrogen-bond acceptors (Lipinski definition) is 8. The number of nitrogens with zero attached hydrogens (tertiary/aromatic N) is 1. The zero-order valence-electron chi connectivity index (χ0n) is 14.2. The Balaban J connectivity index is 1.92. The van der Waals surface area contributed by atoms with E-state index in [1.165, 1.54) is 19.3 Å². The van der Waals surface area contributed by atoms with Crippen molar-refractivity contribution in [3.63, 3.8) is 0 Å². The van der Waals surface area contributed by atoms with Crippen LogP contribution in [0.3, 0.4) is 0 Å². The first-order chi connectivity index (χ1) is 12.6. The third kappa shape index (κ3) is 4.34. The second-order valence-electron chi connectivity index (χ2n) is 6.26. The molecule has 3 aliphatic rings. The van der Waals surface area contributed by atoms with Crippen molar-refractivity contribution in [3.8, 4) is 0 Å². The van der Waals surface area contributed by atoms with Gasteiger partial charge in [0.1, 0.15) is 25.0 Å². The number of amidine groups is 1. The molecule has 0 saturated heterocycles. The summed E-state index contributed by atoms with van der Waals surface area (Å²) in [6, 6.07) is -0.627. The van der Waals surface area contributed by atoms with E-state index in [9.17, 15) is 13.2 Å². The van der Waals surface area contributed by atoms with Crippen molar-refractivity contribution in [1.82, 2.24) is 5.32 Å². The minimum Gasteiger partial charge on any atom is -0.359 e. The van der Waals surface area contributed by atoms with E-state index in [-0.39, 0.29) is 12.6 Å². The fraction of sp³-hybridized carbons (Fsp3) is 0.600. The molecular weight excluding hydrogens is 443 g/mol. The van der Waals surface area contributed by atoms with Crippen molar-refractivity contribution in [2.24, 2.45) is 4.99 Å². The van der Waals surface area contributed by atoms with Crippen LogP contribution in [-0.4, -0.2) is 61.4 Å². The van der Waals surface area contributed by atoms with E-state index >= 15 is 0 Å². The van der Waals surface area contributed by atoms with Crippen LogP contribution in [0.4, 0.5) is 0 Å². The van der Waals surface area contributed by atoms with Crippen molar-refractivity contribution in [3.05, 3.63) is 23.8 Å². The van der Waals surface area contributed by atoms with Gasteiger partial charge in [-0.05, 0) is 36.6 Å². The van der Waals surface area contributed by atoms with Crippen LogP contribution >= 0.6 is 34.8 Å². The quantitative estimate of drug-likeness (QED) is 0.378. The standard InChI is InChI=1S/C15H17Cl3N2O6S/c1-24-8-25-11-3-2-9-6-10(21)4-5-14(9)12(11)19-13(20-14)27(22,23)26-7-15(16,17)18/h4-6,11-12H,2-3,7-8H2,1H3,(H,19,20)/t11-,12-,14+/m1/s1. The number of carbonyl (C=O) groups is 1. The molecular formula is C15H17Cl3N2O6S. The Bertz CT molecular complexity index is 820. The molecule has 1 heterocycles. The molecule has 1 N–H and O–H groups in total. The second kappa shape index (κ2) is 7.62. The number of methoxy groups -OCH3 is 1. The predicted octanol–water partition coefficient (Wildman–Crippen LogP) is 1.62. The molecule has 0 unspecified atom stereocenters. The van der Waals surface area contributed by atoms with Gasteiger partial charge in [0, 0.05) is 7.11 Å². The molecule has 0 aromatic heterocycles. The monoisotopic (exact) mass is 458 g/mol. The van der Waals surface area contributed by atoms with E-state index in [0.717, 1.165) is 5.57 Å². The van der Waals surface area contributed by atoms with Crippen LogP contribution in [0.1, 0.15) is 12.8 Å². The zero-order chi connectivity index (χ0) is 19.9. The maximum Gasteiger partial charge on any atom is 0.330 e. The molecule has 150 valence electrons. The number of carbonyl (C=O) groups excluding carboxylic acids is 1. The fourth-order valence-electron chi connectivity index (χ4n) is 3.35. The molecule has 0 bridgehead atoms. The second-order valence-corrected chi connectivity index (χ2v) is 10.3. The molecule has 0 aromatic rings. The van der Waals surface area contributed by atoms with Gasteiger partial charge < -0.3 is 14.8 Å². The van der Waals surface area contributed by atoms with Crippen LogP contribution in [-0.2, 0) is 28.6 Å². The number of rotatable bonds is 5. The lowest BCUT2D eigenvalue weighted by molar-refractivity contribution is -0.111. The van der Waals surface area contributed by atoms with Gasteiger partial charge in [0.15, 0.2) is 5.78 Å². The number of halogens is 3. The Labute approximate surface area is 171 Å². The summed E-state index contributed by atoms with van der Waals surface area (Å²) in [4.78, 5) is 16.1. The van der Waals surface area contributed by atoms with Crippen LogP contribution < -0.4 is 5.32 Å². The first-order valence-corrected chi connectivity index (χ1v) is 10.5. The highest BCUT2D eigenvalue weighted by atomic mass is 35.6. The molecule has 27 heavy (non-hydrogen) atoms. The molecule has 1 fully saturated rings. The van der Waals surface area contributed by atoms with E-state index in [1.807, 2.05) is 0 Å². The number of alkyl halides is 3. The minimum absolute atomic E-state index is 0.0281. The summed E-state index contributed by atoms with van der Waals surface area (Å²) >= 11 is 16.7. The van der Waals surface area contributed by atoms with Gasteiger partial charge >= 0.3 is 10.1 Å². The summed E-state index contributed by atoms with van der Waals surface area (Å²) in [7, 11) is -2.83. The summed E-state index contributed by atoms with van der Waals surface area (Å²) in [6.07, 6.45) is 5.13. The van der Waals surface area contributed by atoms with Crippen LogP contribution in [0.5, 0.6) is 0 Å². The van der Waals surface area contributed by atoms with E-state index < -0.39 is 43.4 Å². The van der Waals surface area contributed by atoms with Crippen LogP contribution in [0.15, 0.2) is 28.8 Å². The molecule has 1 saturated carbocycles. The smallest absolute Gasteiger partial charge is 0.330 e. The molecule has 0 radical (unpaired) electrons. The van der Waals surface area contributed by atoms with Gasteiger partial charge in [0.05, 0.1) is 6.10 Å². The predicted molar refractivity (Wildman–Crippen MR) is 100 cm³/mol. The Morgan fingerprint density at radius 2 is 2.15 bits per heavy atom. The van der Waals surface area contributed by atoms with Crippen LogP contribution in [0.25, 0.3) is 0 Å². The number of ether oxygens (including phenoxy) is 2. The maximum absolute atomic E-state index is 12.5. The topological polar surface area (TPSA) is 103 Å². The van der Waals surface area contributed by atoms with Crippen LogP contribution in [0.2, 0.25) is 0 Å². The van der Waals surface area contributed by atoms with Gasteiger partial charge in [-0.3, -0.25) is 8.98 Å². The van der Waals surface area contributed by atoms with E-state index in [4.69, 9.17) is 48.5 Å². The highest BCUT2D eigenvalue weighted by Gasteiger charge is 2.55. The number of allylic oxidation sites excluding steroid dienone is 2. The first kappa shape index (κ1) is 21.0. The Kier molecular flexibility index (Phi) is 5.94. The highest BCUT2D eigenvalue weighted by Crippen LogP contribution is 2.43. The lowest BCUT2D eigenvalue weighted by Crippen LogP contribution is -2.59. The van der Waals surface area contributed by atoms with Gasteiger partial charge in [0.2, 0.25) is 8.96 Å². The van der Waals surface area contributed by atoms with Crippen molar-refractivity contribution in [2.45, 2.75) is 34.3 Å². The molecule has 12 heteroatoms. The van der Waals surface area contributed by atoms with Gasteiger partial charge in [0.25, 0.3) is 0 Å². The third-order valence-corrected chi connectivity index (χ3v) is 5.90. The normalized spacial score (nSPS) is 30.3. The number of aliphatic imine (C=N–C) groups is 1. The van der Waals surface area contributed by atoms with Crippen molar-refractivity contribution >= 4 is 55.9 Å². The maximum atomic E-state index is 12.5. The van der Waals surface area contributed by atoms with Crippen molar-refractivity contribution < 1.29 is 26.9 Å². The summed E-state index contributed by atoms with van der Waals surface area (Å²) in [5, 5.41) is 2.49. The minimum atomic E-state index is -4.31. The van der Waals surface area contributed by atoms with Gasteiger partial charge in [-0.25, -0.2) is 4.99 Å². The van der Waals surface area contributed by atoms with Gasteiger partial charge in [-0.1, -0.05) is 34.8 Å². The average Bonchev–Trinajstić information content (AvgIpc) is 2.99. The van der Waals surface area contributed by atoms with Crippen molar-refractivity contribution in [1.29, 1.82) is 0 Å².